The molecule has 6 heteroatoms. The Hall–Kier alpha value is -2.24. The van der Waals surface area contributed by atoms with E-state index in [1.165, 1.54) is 52.1 Å². The summed E-state index contributed by atoms with van der Waals surface area (Å²) < 4.78 is 5.09. The summed E-state index contributed by atoms with van der Waals surface area (Å²) in [6, 6.07) is 5.17. The Morgan fingerprint density at radius 2 is 1.50 bits per heavy atom. The van der Waals surface area contributed by atoms with Crippen LogP contribution in [0.1, 0.15) is 103 Å². The molecule has 0 spiro atoms. The zero-order valence-electron chi connectivity index (χ0n) is 20.4. The van der Waals surface area contributed by atoms with E-state index < -0.39 is 5.97 Å². The fourth-order valence-corrected chi connectivity index (χ4v) is 3.53. The number of phenols is 1. The van der Waals surface area contributed by atoms with E-state index in [-0.39, 0.29) is 17.6 Å². The highest BCUT2D eigenvalue weighted by molar-refractivity contribution is 5.77. The lowest BCUT2D eigenvalue weighted by atomic mass is 9.92. The van der Waals surface area contributed by atoms with E-state index in [1.807, 2.05) is 6.07 Å². The van der Waals surface area contributed by atoms with E-state index >= 15 is 0 Å². The van der Waals surface area contributed by atoms with Crippen LogP contribution < -0.4 is 10.5 Å². The predicted molar refractivity (Wildman–Crippen MR) is 130 cm³/mol. The molecule has 0 aromatic heterocycles. The van der Waals surface area contributed by atoms with Crippen LogP contribution in [0.3, 0.4) is 0 Å². The minimum absolute atomic E-state index is 0.108. The Kier molecular flexibility index (Phi) is 18.1. The van der Waals surface area contributed by atoms with Gasteiger partial charge >= 0.3 is 5.97 Å². The van der Waals surface area contributed by atoms with Crippen LogP contribution in [0, 0.1) is 5.92 Å². The highest BCUT2D eigenvalue weighted by atomic mass is 16.5. The Bertz CT molecular complexity index is 633. The van der Waals surface area contributed by atoms with Gasteiger partial charge in [-0.1, -0.05) is 84.1 Å². The number of amides is 1. The summed E-state index contributed by atoms with van der Waals surface area (Å²) in [6.45, 7) is 4.36. The standard InChI is InChI=1S/C17H27NO3.C9H18O2/c1-3-4-5-6-7-8-14(17(18)20)11-13-9-10-15(19)16(12-13)21-2;1-2-3-4-5-6-7-8-9(10)11/h9-10,12,14,19H,3-8,11H2,1-2H3,(H2,18,20);2-8H2,1H3,(H,10,11). The number of hydrogen-bond donors (Lipinski definition) is 3. The molecule has 0 radical (unpaired) electrons. The summed E-state index contributed by atoms with van der Waals surface area (Å²) in [5.41, 5.74) is 6.47. The molecule has 1 aromatic rings. The van der Waals surface area contributed by atoms with Crippen molar-refractivity contribution in [3.05, 3.63) is 23.8 Å². The molecule has 1 atom stereocenters. The van der Waals surface area contributed by atoms with Crippen molar-refractivity contribution < 1.29 is 24.5 Å². The Morgan fingerprint density at radius 1 is 0.938 bits per heavy atom. The van der Waals surface area contributed by atoms with E-state index in [4.69, 9.17) is 15.6 Å². The average Bonchev–Trinajstić information content (AvgIpc) is 2.76. The summed E-state index contributed by atoms with van der Waals surface area (Å²) in [6.07, 6.45) is 14.5. The number of carbonyl (C=O) groups is 2. The number of rotatable bonds is 17. The van der Waals surface area contributed by atoms with Gasteiger partial charge in [0.15, 0.2) is 11.5 Å². The highest BCUT2D eigenvalue weighted by Gasteiger charge is 2.16. The molecule has 0 saturated heterocycles. The van der Waals surface area contributed by atoms with Crippen LogP contribution in [-0.2, 0) is 16.0 Å². The number of carboxylic acid groups (broad SMARTS) is 1. The monoisotopic (exact) mass is 451 g/mol. The summed E-state index contributed by atoms with van der Waals surface area (Å²) >= 11 is 0. The third kappa shape index (κ3) is 15.5. The van der Waals surface area contributed by atoms with Crippen molar-refractivity contribution in [1.29, 1.82) is 0 Å². The number of aromatic hydroxyl groups is 1. The van der Waals surface area contributed by atoms with Crippen molar-refractivity contribution >= 4 is 11.9 Å². The van der Waals surface area contributed by atoms with Gasteiger partial charge in [-0.15, -0.1) is 0 Å². The summed E-state index contributed by atoms with van der Waals surface area (Å²) in [5, 5.41) is 17.9. The Labute approximate surface area is 194 Å². The molecule has 0 fully saturated rings. The van der Waals surface area contributed by atoms with E-state index in [0.717, 1.165) is 37.7 Å². The number of hydrogen-bond acceptors (Lipinski definition) is 4. The zero-order chi connectivity index (χ0) is 24.2. The second-order valence-electron chi connectivity index (χ2n) is 8.42. The Balaban J connectivity index is 0.000000739. The van der Waals surface area contributed by atoms with Crippen LogP contribution >= 0.6 is 0 Å². The fourth-order valence-electron chi connectivity index (χ4n) is 3.53. The molecule has 6 nitrogen and oxygen atoms in total. The maximum atomic E-state index is 11.6. The first kappa shape index (κ1) is 29.8. The van der Waals surface area contributed by atoms with Gasteiger partial charge in [0.25, 0.3) is 0 Å². The number of phenolic OH excluding ortho intramolecular Hbond substituents is 1. The zero-order valence-corrected chi connectivity index (χ0v) is 20.4. The van der Waals surface area contributed by atoms with Crippen molar-refractivity contribution in [2.24, 2.45) is 11.7 Å². The summed E-state index contributed by atoms with van der Waals surface area (Å²) in [7, 11) is 1.51. The molecule has 1 rings (SSSR count). The minimum Gasteiger partial charge on any atom is -0.504 e. The molecule has 0 heterocycles. The number of benzene rings is 1. The van der Waals surface area contributed by atoms with Gasteiger partial charge < -0.3 is 20.7 Å². The van der Waals surface area contributed by atoms with Gasteiger partial charge in [0.2, 0.25) is 5.91 Å². The van der Waals surface area contributed by atoms with Crippen LogP contribution in [0.25, 0.3) is 0 Å². The van der Waals surface area contributed by atoms with E-state index in [0.29, 0.717) is 18.6 Å². The lowest BCUT2D eigenvalue weighted by Gasteiger charge is -2.14. The van der Waals surface area contributed by atoms with E-state index in [2.05, 4.69) is 13.8 Å². The second kappa shape index (κ2) is 19.4. The highest BCUT2D eigenvalue weighted by Crippen LogP contribution is 2.28. The largest absolute Gasteiger partial charge is 0.504 e. The number of methoxy groups -OCH3 is 1. The summed E-state index contributed by atoms with van der Waals surface area (Å²) in [4.78, 5) is 21.7. The SMILES string of the molecule is CCCCCCCC(Cc1ccc(O)c(OC)c1)C(N)=O.CCCCCCCCC(=O)O. The molecule has 32 heavy (non-hydrogen) atoms. The molecular weight excluding hydrogens is 406 g/mol. The third-order valence-corrected chi connectivity index (χ3v) is 5.53. The quantitative estimate of drug-likeness (QED) is 0.243. The maximum Gasteiger partial charge on any atom is 0.303 e. The molecule has 1 unspecified atom stereocenters. The maximum absolute atomic E-state index is 11.6. The number of aliphatic carboxylic acids is 1. The van der Waals surface area contributed by atoms with Gasteiger partial charge in [-0.2, -0.15) is 0 Å². The molecular formula is C26H45NO5. The molecule has 0 saturated carbocycles. The molecule has 0 aliphatic heterocycles. The van der Waals surface area contributed by atoms with Crippen molar-refractivity contribution in [3.63, 3.8) is 0 Å². The first-order chi connectivity index (χ1) is 15.3. The average molecular weight is 452 g/mol. The lowest BCUT2D eigenvalue weighted by Crippen LogP contribution is -2.25. The van der Waals surface area contributed by atoms with Crippen molar-refractivity contribution in [1.82, 2.24) is 0 Å². The van der Waals surface area contributed by atoms with Gasteiger partial charge in [0, 0.05) is 12.3 Å². The fraction of sp³-hybridized carbons (Fsp3) is 0.692. The van der Waals surface area contributed by atoms with E-state index in [9.17, 15) is 14.7 Å². The van der Waals surface area contributed by atoms with Gasteiger partial charge in [-0.05, 0) is 37.0 Å². The van der Waals surface area contributed by atoms with Crippen LogP contribution in [0.4, 0.5) is 0 Å². The number of primary amides is 1. The second-order valence-corrected chi connectivity index (χ2v) is 8.42. The number of ether oxygens (including phenoxy) is 1. The van der Waals surface area contributed by atoms with Crippen LogP contribution in [-0.4, -0.2) is 29.2 Å². The smallest absolute Gasteiger partial charge is 0.303 e. The first-order valence-electron chi connectivity index (χ1n) is 12.2. The normalized spacial score (nSPS) is 11.3. The molecule has 0 aliphatic rings. The molecule has 0 aliphatic carbocycles. The van der Waals surface area contributed by atoms with Crippen molar-refractivity contribution in [3.8, 4) is 11.5 Å². The van der Waals surface area contributed by atoms with Crippen LogP contribution in [0.2, 0.25) is 0 Å². The van der Waals surface area contributed by atoms with Crippen LogP contribution in [0.15, 0.2) is 18.2 Å². The molecule has 184 valence electrons. The molecule has 4 N–H and O–H groups in total. The van der Waals surface area contributed by atoms with Crippen molar-refractivity contribution in [2.75, 3.05) is 7.11 Å². The first-order valence-corrected chi connectivity index (χ1v) is 12.2. The third-order valence-electron chi connectivity index (χ3n) is 5.53. The van der Waals surface area contributed by atoms with Crippen molar-refractivity contribution in [2.45, 2.75) is 104 Å². The summed E-state index contributed by atoms with van der Waals surface area (Å²) in [5.74, 6) is -0.533. The van der Waals surface area contributed by atoms with Gasteiger partial charge in [0.05, 0.1) is 7.11 Å². The van der Waals surface area contributed by atoms with Gasteiger partial charge in [-0.3, -0.25) is 9.59 Å². The van der Waals surface area contributed by atoms with E-state index in [1.54, 1.807) is 12.1 Å². The molecule has 1 aromatic carbocycles. The van der Waals surface area contributed by atoms with Gasteiger partial charge in [-0.25, -0.2) is 0 Å². The number of carboxylic acids is 1. The topological polar surface area (TPSA) is 110 Å². The lowest BCUT2D eigenvalue weighted by molar-refractivity contribution is -0.137. The number of carbonyl (C=O) groups excluding carboxylic acids is 1. The van der Waals surface area contributed by atoms with Gasteiger partial charge in [0.1, 0.15) is 0 Å². The number of unbranched alkanes of at least 4 members (excludes halogenated alkanes) is 9. The molecule has 1 amide bonds. The predicted octanol–water partition coefficient (Wildman–Crippen LogP) is 6.23. The number of nitrogens with two attached hydrogens (primary N) is 1. The minimum atomic E-state index is -0.666. The Morgan fingerprint density at radius 3 is 2.03 bits per heavy atom. The van der Waals surface area contributed by atoms with Crippen LogP contribution in [0.5, 0.6) is 11.5 Å². The molecule has 0 bridgehead atoms.